The summed E-state index contributed by atoms with van der Waals surface area (Å²) in [7, 11) is 3.01. The number of methoxy groups -OCH3 is 2. The summed E-state index contributed by atoms with van der Waals surface area (Å²) in [4.78, 5) is 2.69. The maximum absolute atomic E-state index is 8.31. The lowest BCUT2D eigenvalue weighted by molar-refractivity contribution is 0.397. The highest BCUT2D eigenvalue weighted by Gasteiger charge is 2.06. The molecule has 0 N–H and O–H groups in total. The van der Waals surface area contributed by atoms with Gasteiger partial charge in [0.25, 0.3) is 0 Å². The zero-order valence-electron chi connectivity index (χ0n) is 7.39. The van der Waals surface area contributed by atoms with Crippen LogP contribution in [0.4, 0.5) is 5.69 Å². The largest absolute Gasteiger partial charge is 0.496 e. The first-order valence-electron chi connectivity index (χ1n) is 3.59. The molecule has 0 bridgehead atoms. The molecule has 0 atom stereocenters. The molecule has 5 nitrogen and oxygen atoms in total. The number of rotatable bonds is 3. The Balaban J connectivity index is 3.28. The van der Waals surface area contributed by atoms with E-state index in [-0.39, 0.29) is 0 Å². The molecule has 0 aliphatic heterocycles. The van der Waals surface area contributed by atoms with Crippen molar-refractivity contribution in [1.29, 1.82) is 0 Å². The van der Waals surface area contributed by atoms with Gasteiger partial charge in [-0.05, 0) is 17.7 Å². The molecule has 0 saturated heterocycles. The summed E-state index contributed by atoms with van der Waals surface area (Å²) in [5, 5.41) is 3.48. The van der Waals surface area contributed by atoms with Gasteiger partial charge in [0.05, 0.1) is 14.2 Å². The van der Waals surface area contributed by atoms with Gasteiger partial charge in [0, 0.05) is 4.91 Å². The molecule has 13 heavy (non-hydrogen) atoms. The third kappa shape index (κ3) is 1.83. The van der Waals surface area contributed by atoms with Crippen molar-refractivity contribution < 1.29 is 9.47 Å². The van der Waals surface area contributed by atoms with Crippen molar-refractivity contribution in [2.45, 2.75) is 0 Å². The first-order chi connectivity index (χ1) is 6.33. The van der Waals surface area contributed by atoms with Crippen LogP contribution in [0, 0.1) is 0 Å². The fourth-order valence-corrected chi connectivity index (χ4v) is 0.975. The van der Waals surface area contributed by atoms with E-state index in [1.165, 1.54) is 14.2 Å². The summed E-state index contributed by atoms with van der Waals surface area (Å²) in [6, 6.07) is 5.16. The van der Waals surface area contributed by atoms with Crippen LogP contribution >= 0.6 is 0 Å². The maximum atomic E-state index is 8.31. The standard InChI is InChI=1S/C8H9N3O2/c1-12-6-4-3-5-7(13-2)8(6)10-11-9/h3-5H,1-2H3. The summed E-state index contributed by atoms with van der Waals surface area (Å²) in [6.07, 6.45) is 0. The van der Waals surface area contributed by atoms with Gasteiger partial charge in [-0.1, -0.05) is 11.2 Å². The Morgan fingerprint density at radius 1 is 1.23 bits per heavy atom. The molecule has 68 valence electrons. The lowest BCUT2D eigenvalue weighted by Gasteiger charge is -2.07. The second kappa shape index (κ2) is 4.23. The molecule has 0 radical (unpaired) electrons. The molecule has 1 aromatic rings. The number of nitrogens with zero attached hydrogens (tertiary/aromatic N) is 3. The molecule has 0 saturated carbocycles. The van der Waals surface area contributed by atoms with Crippen molar-refractivity contribution in [3.8, 4) is 11.5 Å². The SMILES string of the molecule is COc1cccc(OC)c1N=[N+]=[N-]. The fourth-order valence-electron chi connectivity index (χ4n) is 0.975. The van der Waals surface area contributed by atoms with E-state index in [4.69, 9.17) is 15.0 Å². The molecule has 0 amide bonds. The van der Waals surface area contributed by atoms with Crippen LogP contribution in [0.25, 0.3) is 10.4 Å². The summed E-state index contributed by atoms with van der Waals surface area (Å²) in [5.41, 5.74) is 8.68. The minimum atomic E-state index is 0.370. The van der Waals surface area contributed by atoms with Crippen molar-refractivity contribution >= 4 is 5.69 Å². The molecular weight excluding hydrogens is 170 g/mol. The Kier molecular flexibility index (Phi) is 3.00. The normalized spacial score (nSPS) is 8.77. The molecule has 0 fully saturated rings. The lowest BCUT2D eigenvalue weighted by Crippen LogP contribution is -1.87. The summed E-state index contributed by atoms with van der Waals surface area (Å²) in [5.74, 6) is 0.995. The Hall–Kier alpha value is -1.87. The van der Waals surface area contributed by atoms with Crippen LogP contribution < -0.4 is 9.47 Å². The van der Waals surface area contributed by atoms with E-state index in [1.807, 2.05) is 0 Å². The number of benzene rings is 1. The number of hydrogen-bond acceptors (Lipinski definition) is 3. The van der Waals surface area contributed by atoms with E-state index in [0.29, 0.717) is 17.2 Å². The van der Waals surface area contributed by atoms with Gasteiger partial charge in [0.1, 0.15) is 17.2 Å². The summed E-state index contributed by atoms with van der Waals surface area (Å²) >= 11 is 0. The third-order valence-electron chi connectivity index (χ3n) is 1.55. The Morgan fingerprint density at radius 3 is 2.15 bits per heavy atom. The number of azide groups is 1. The van der Waals surface area contributed by atoms with Crippen molar-refractivity contribution in [3.05, 3.63) is 28.6 Å². The van der Waals surface area contributed by atoms with E-state index in [2.05, 4.69) is 10.0 Å². The molecule has 0 heterocycles. The highest BCUT2D eigenvalue weighted by molar-refractivity contribution is 5.61. The van der Waals surface area contributed by atoms with Crippen LogP contribution in [0.2, 0.25) is 0 Å². The van der Waals surface area contributed by atoms with Gasteiger partial charge < -0.3 is 9.47 Å². The minimum absolute atomic E-state index is 0.370. The van der Waals surface area contributed by atoms with Crippen LogP contribution in [0.5, 0.6) is 11.5 Å². The van der Waals surface area contributed by atoms with Gasteiger partial charge in [-0.2, -0.15) is 0 Å². The van der Waals surface area contributed by atoms with Gasteiger partial charge in [-0.25, -0.2) is 0 Å². The van der Waals surface area contributed by atoms with Crippen molar-refractivity contribution in [3.63, 3.8) is 0 Å². The van der Waals surface area contributed by atoms with Gasteiger partial charge in [-0.3, -0.25) is 0 Å². The molecule has 0 spiro atoms. The summed E-state index contributed by atoms with van der Waals surface area (Å²) < 4.78 is 9.99. The highest BCUT2D eigenvalue weighted by atomic mass is 16.5. The van der Waals surface area contributed by atoms with Crippen molar-refractivity contribution in [1.82, 2.24) is 0 Å². The average Bonchev–Trinajstić information content (AvgIpc) is 2.18. The van der Waals surface area contributed by atoms with E-state index >= 15 is 0 Å². The van der Waals surface area contributed by atoms with Crippen LogP contribution in [0.15, 0.2) is 23.3 Å². The molecule has 1 rings (SSSR count). The fraction of sp³-hybridized carbons (Fsp3) is 0.250. The van der Waals surface area contributed by atoms with E-state index in [9.17, 15) is 0 Å². The average molecular weight is 179 g/mol. The molecule has 0 unspecified atom stereocenters. The smallest absolute Gasteiger partial charge is 0.132 e. The van der Waals surface area contributed by atoms with Crippen molar-refractivity contribution in [2.24, 2.45) is 5.11 Å². The molecule has 1 aromatic carbocycles. The number of ether oxygens (including phenoxy) is 2. The van der Waals surface area contributed by atoms with E-state index in [0.717, 1.165) is 0 Å². The predicted octanol–water partition coefficient (Wildman–Crippen LogP) is 2.65. The van der Waals surface area contributed by atoms with Crippen LogP contribution in [0.3, 0.4) is 0 Å². The molecule has 5 heteroatoms. The monoisotopic (exact) mass is 179 g/mol. The van der Waals surface area contributed by atoms with Crippen LogP contribution in [0.1, 0.15) is 0 Å². The van der Waals surface area contributed by atoms with Crippen LogP contribution in [-0.2, 0) is 0 Å². The minimum Gasteiger partial charge on any atom is -0.496 e. The van der Waals surface area contributed by atoms with E-state index in [1.54, 1.807) is 18.2 Å². The predicted molar refractivity (Wildman–Crippen MR) is 48.4 cm³/mol. The quantitative estimate of drug-likeness (QED) is 0.406. The van der Waals surface area contributed by atoms with Gasteiger partial charge >= 0.3 is 0 Å². The summed E-state index contributed by atoms with van der Waals surface area (Å²) in [6.45, 7) is 0. The number of hydrogen-bond donors (Lipinski definition) is 0. The highest BCUT2D eigenvalue weighted by Crippen LogP contribution is 2.36. The second-order valence-corrected chi connectivity index (χ2v) is 2.20. The van der Waals surface area contributed by atoms with E-state index < -0.39 is 0 Å². The molecule has 0 aliphatic carbocycles. The molecule has 0 aromatic heterocycles. The zero-order valence-corrected chi connectivity index (χ0v) is 7.39. The van der Waals surface area contributed by atoms with Crippen LogP contribution in [-0.4, -0.2) is 14.2 Å². The third-order valence-corrected chi connectivity index (χ3v) is 1.55. The first-order valence-corrected chi connectivity index (χ1v) is 3.59. The topological polar surface area (TPSA) is 67.2 Å². The Bertz CT molecular complexity index is 323. The Morgan fingerprint density at radius 2 is 1.77 bits per heavy atom. The molecule has 0 aliphatic rings. The Labute approximate surface area is 75.5 Å². The van der Waals surface area contributed by atoms with Gasteiger partial charge in [-0.15, -0.1) is 0 Å². The second-order valence-electron chi connectivity index (χ2n) is 2.20. The van der Waals surface area contributed by atoms with Gasteiger partial charge in [0.2, 0.25) is 0 Å². The van der Waals surface area contributed by atoms with Gasteiger partial charge in [0.15, 0.2) is 0 Å². The van der Waals surface area contributed by atoms with Crippen molar-refractivity contribution in [2.75, 3.05) is 14.2 Å². The lowest BCUT2D eigenvalue weighted by atomic mass is 10.3. The molecular formula is C8H9N3O2. The first kappa shape index (κ1) is 9.22. The maximum Gasteiger partial charge on any atom is 0.132 e. The zero-order chi connectivity index (χ0) is 9.68.